The molecule has 1 atom stereocenters. The second kappa shape index (κ2) is 6.86. The molecule has 2 saturated heterocycles. The Hall–Kier alpha value is -0.970. The smallest absolute Gasteiger partial charge is 0.0593 e. The number of aromatic nitrogens is 1. The van der Waals surface area contributed by atoms with Gasteiger partial charge in [0.1, 0.15) is 0 Å². The molecule has 1 aromatic rings. The van der Waals surface area contributed by atoms with Gasteiger partial charge < -0.3 is 9.64 Å². The maximum absolute atomic E-state index is 5.94. The molecule has 0 amide bonds. The summed E-state index contributed by atoms with van der Waals surface area (Å²) in [5, 5.41) is 0. The van der Waals surface area contributed by atoms with Crippen LogP contribution in [-0.4, -0.2) is 60.7 Å². The molecule has 0 saturated carbocycles. The minimum atomic E-state index is 0.326. The van der Waals surface area contributed by atoms with E-state index in [9.17, 15) is 0 Å². The summed E-state index contributed by atoms with van der Waals surface area (Å²) in [5.74, 6) is 0. The molecule has 0 bridgehead atoms. The van der Waals surface area contributed by atoms with E-state index < -0.39 is 0 Å². The molecule has 116 valence electrons. The maximum Gasteiger partial charge on any atom is 0.0593 e. The molecule has 0 aromatic carbocycles. The fourth-order valence-electron chi connectivity index (χ4n) is 3.79. The number of rotatable bonds is 3. The Kier molecular flexibility index (Phi) is 4.88. The van der Waals surface area contributed by atoms with Gasteiger partial charge in [0.15, 0.2) is 0 Å². The van der Waals surface area contributed by atoms with Crippen LogP contribution in [-0.2, 0) is 11.3 Å². The molecule has 0 N–H and O–H groups in total. The van der Waals surface area contributed by atoms with Gasteiger partial charge in [0.2, 0.25) is 0 Å². The second-order valence-corrected chi connectivity index (χ2v) is 6.60. The summed E-state index contributed by atoms with van der Waals surface area (Å²) in [7, 11) is 0. The maximum atomic E-state index is 5.94. The standard InChI is InChI=1S/C17H27N3O/c1-2-19-9-10-21-15-17(13-19)6-4-8-20(14-17)12-16-5-3-7-18-11-16/h3,5,7,11H,2,4,6,8-10,12-15H2,1H3/t17-/m0/s1. The average molecular weight is 289 g/mol. The van der Waals surface area contributed by atoms with Crippen molar-refractivity contribution in [2.75, 3.05) is 45.9 Å². The molecule has 2 aliphatic heterocycles. The summed E-state index contributed by atoms with van der Waals surface area (Å²) < 4.78 is 5.94. The van der Waals surface area contributed by atoms with Crippen molar-refractivity contribution in [3.63, 3.8) is 0 Å². The van der Waals surface area contributed by atoms with Crippen molar-refractivity contribution in [2.45, 2.75) is 26.3 Å². The van der Waals surface area contributed by atoms with E-state index in [0.29, 0.717) is 5.41 Å². The van der Waals surface area contributed by atoms with Gasteiger partial charge in [-0.3, -0.25) is 9.88 Å². The first-order valence-corrected chi connectivity index (χ1v) is 8.21. The monoisotopic (exact) mass is 289 g/mol. The van der Waals surface area contributed by atoms with Crippen molar-refractivity contribution >= 4 is 0 Å². The summed E-state index contributed by atoms with van der Waals surface area (Å²) in [6.07, 6.45) is 6.41. The van der Waals surface area contributed by atoms with Gasteiger partial charge in [-0.1, -0.05) is 13.0 Å². The largest absolute Gasteiger partial charge is 0.379 e. The van der Waals surface area contributed by atoms with Crippen molar-refractivity contribution in [3.8, 4) is 0 Å². The van der Waals surface area contributed by atoms with Crippen LogP contribution in [0.2, 0.25) is 0 Å². The number of ether oxygens (including phenoxy) is 1. The highest BCUT2D eigenvalue weighted by atomic mass is 16.5. The van der Waals surface area contributed by atoms with Gasteiger partial charge in [0, 0.05) is 44.0 Å². The van der Waals surface area contributed by atoms with Crippen LogP contribution in [0, 0.1) is 5.41 Å². The van der Waals surface area contributed by atoms with Crippen molar-refractivity contribution in [1.29, 1.82) is 0 Å². The molecule has 0 aliphatic carbocycles. The summed E-state index contributed by atoms with van der Waals surface area (Å²) >= 11 is 0. The lowest BCUT2D eigenvalue weighted by Crippen LogP contribution is -2.50. The number of pyridine rings is 1. The highest BCUT2D eigenvalue weighted by Crippen LogP contribution is 2.33. The fraction of sp³-hybridized carbons (Fsp3) is 0.706. The lowest BCUT2D eigenvalue weighted by atomic mass is 9.80. The van der Waals surface area contributed by atoms with E-state index in [1.54, 1.807) is 0 Å². The van der Waals surface area contributed by atoms with E-state index in [1.165, 1.54) is 31.5 Å². The Morgan fingerprint density at radius 2 is 2.19 bits per heavy atom. The zero-order valence-electron chi connectivity index (χ0n) is 13.1. The zero-order valence-corrected chi connectivity index (χ0v) is 13.1. The van der Waals surface area contributed by atoms with E-state index in [-0.39, 0.29) is 0 Å². The highest BCUT2D eigenvalue weighted by molar-refractivity contribution is 5.08. The van der Waals surface area contributed by atoms with Crippen LogP contribution in [0.5, 0.6) is 0 Å². The SMILES string of the molecule is CCN1CCOC[C@@]2(CCCN(Cc3cccnc3)C2)C1. The lowest BCUT2D eigenvalue weighted by molar-refractivity contribution is 0.00330. The Balaban J connectivity index is 1.66. The van der Waals surface area contributed by atoms with Gasteiger partial charge in [0.05, 0.1) is 13.2 Å². The van der Waals surface area contributed by atoms with Crippen molar-refractivity contribution in [2.24, 2.45) is 5.41 Å². The van der Waals surface area contributed by atoms with Crippen LogP contribution in [0.3, 0.4) is 0 Å². The van der Waals surface area contributed by atoms with Crippen LogP contribution in [0.1, 0.15) is 25.3 Å². The normalized spacial score (nSPS) is 28.6. The van der Waals surface area contributed by atoms with Gasteiger partial charge in [-0.2, -0.15) is 0 Å². The second-order valence-electron chi connectivity index (χ2n) is 6.60. The van der Waals surface area contributed by atoms with Gasteiger partial charge in [-0.15, -0.1) is 0 Å². The molecule has 2 fully saturated rings. The molecule has 0 radical (unpaired) electrons. The van der Waals surface area contributed by atoms with Crippen LogP contribution in [0.4, 0.5) is 0 Å². The third kappa shape index (κ3) is 3.82. The molecule has 21 heavy (non-hydrogen) atoms. The molecule has 1 aromatic heterocycles. The first-order valence-electron chi connectivity index (χ1n) is 8.21. The molecule has 3 rings (SSSR count). The molecule has 2 aliphatic rings. The molecule has 4 nitrogen and oxygen atoms in total. The Bertz CT molecular complexity index is 439. The number of likely N-dealkylation sites (N-methyl/N-ethyl adjacent to an activating group) is 1. The zero-order chi connectivity index (χ0) is 14.5. The number of piperidine rings is 1. The topological polar surface area (TPSA) is 28.6 Å². The van der Waals surface area contributed by atoms with Gasteiger partial charge in [-0.25, -0.2) is 0 Å². The van der Waals surface area contributed by atoms with E-state index in [0.717, 1.165) is 39.4 Å². The van der Waals surface area contributed by atoms with Crippen molar-refractivity contribution in [3.05, 3.63) is 30.1 Å². The highest BCUT2D eigenvalue weighted by Gasteiger charge is 2.38. The Morgan fingerprint density at radius 1 is 1.29 bits per heavy atom. The van der Waals surface area contributed by atoms with Gasteiger partial charge in [0.25, 0.3) is 0 Å². The van der Waals surface area contributed by atoms with Gasteiger partial charge >= 0.3 is 0 Å². The first-order chi connectivity index (χ1) is 10.3. The van der Waals surface area contributed by atoms with E-state index in [2.05, 4.69) is 27.8 Å². The minimum absolute atomic E-state index is 0.326. The van der Waals surface area contributed by atoms with Crippen molar-refractivity contribution < 1.29 is 4.74 Å². The fourth-order valence-corrected chi connectivity index (χ4v) is 3.79. The average Bonchev–Trinajstić information content (AvgIpc) is 2.71. The third-order valence-corrected chi connectivity index (χ3v) is 4.84. The van der Waals surface area contributed by atoms with Crippen LogP contribution in [0.25, 0.3) is 0 Å². The number of nitrogens with zero attached hydrogens (tertiary/aromatic N) is 3. The Labute approximate surface area is 128 Å². The molecule has 3 heterocycles. The van der Waals surface area contributed by atoms with Crippen LogP contribution >= 0.6 is 0 Å². The summed E-state index contributed by atoms with van der Waals surface area (Å²) in [6.45, 7) is 10.8. The first kappa shape index (κ1) is 14.9. The summed E-state index contributed by atoms with van der Waals surface area (Å²) in [4.78, 5) is 9.38. The molecular weight excluding hydrogens is 262 g/mol. The number of likely N-dealkylation sites (tertiary alicyclic amines) is 1. The summed E-state index contributed by atoms with van der Waals surface area (Å²) in [6, 6.07) is 4.21. The van der Waals surface area contributed by atoms with Crippen molar-refractivity contribution in [1.82, 2.24) is 14.8 Å². The van der Waals surface area contributed by atoms with Crippen LogP contribution in [0.15, 0.2) is 24.5 Å². The quantitative estimate of drug-likeness (QED) is 0.851. The van der Waals surface area contributed by atoms with E-state index in [4.69, 9.17) is 4.74 Å². The minimum Gasteiger partial charge on any atom is -0.379 e. The van der Waals surface area contributed by atoms with E-state index >= 15 is 0 Å². The van der Waals surface area contributed by atoms with E-state index in [1.807, 2.05) is 18.5 Å². The predicted molar refractivity (Wildman–Crippen MR) is 84.1 cm³/mol. The molecule has 4 heteroatoms. The molecular formula is C17H27N3O. The summed E-state index contributed by atoms with van der Waals surface area (Å²) in [5.41, 5.74) is 1.64. The molecule has 1 spiro atoms. The predicted octanol–water partition coefficient (Wildman–Crippen LogP) is 2.02. The Morgan fingerprint density at radius 3 is 3.00 bits per heavy atom. The molecule has 0 unspecified atom stereocenters. The third-order valence-electron chi connectivity index (χ3n) is 4.84. The number of hydrogen-bond donors (Lipinski definition) is 0. The lowest BCUT2D eigenvalue weighted by Gasteiger charge is -2.43. The number of hydrogen-bond acceptors (Lipinski definition) is 4. The van der Waals surface area contributed by atoms with Crippen LogP contribution < -0.4 is 0 Å². The van der Waals surface area contributed by atoms with Gasteiger partial charge in [-0.05, 0) is 37.6 Å².